The molecule has 1 aromatic heterocycles. The summed E-state index contributed by atoms with van der Waals surface area (Å²) in [6.45, 7) is 3.35. The van der Waals surface area contributed by atoms with Gasteiger partial charge >= 0.3 is 0 Å². The van der Waals surface area contributed by atoms with Crippen LogP contribution in [0.25, 0.3) is 0 Å². The van der Waals surface area contributed by atoms with E-state index in [1.165, 1.54) is 12.8 Å². The van der Waals surface area contributed by atoms with E-state index in [-0.39, 0.29) is 12.0 Å². The monoisotopic (exact) mass is 416 g/mol. The second-order valence-corrected chi connectivity index (χ2v) is 7.61. The van der Waals surface area contributed by atoms with E-state index in [0.717, 1.165) is 29.8 Å². The van der Waals surface area contributed by atoms with Crippen LogP contribution in [0.5, 0.6) is 5.88 Å². The second kappa shape index (κ2) is 7.61. The van der Waals surface area contributed by atoms with Gasteiger partial charge in [0.05, 0.1) is 6.54 Å². The molecule has 4 rings (SSSR count). The predicted octanol–water partition coefficient (Wildman–Crippen LogP) is 3.13. The molecule has 1 atom stereocenters. The van der Waals surface area contributed by atoms with Crippen molar-refractivity contribution in [1.82, 2.24) is 14.9 Å². The lowest BCUT2D eigenvalue weighted by Crippen LogP contribution is -2.31. The Morgan fingerprint density at radius 3 is 2.65 bits per heavy atom. The highest BCUT2D eigenvalue weighted by molar-refractivity contribution is 9.10. The molecule has 2 aromatic rings. The number of rotatable bonds is 4. The third-order valence-electron chi connectivity index (χ3n) is 4.87. The lowest BCUT2D eigenvalue weighted by Gasteiger charge is -2.19. The quantitative estimate of drug-likeness (QED) is 0.765. The first-order valence-corrected chi connectivity index (χ1v) is 9.77. The van der Waals surface area contributed by atoms with Crippen LogP contribution in [0, 0.1) is 0 Å². The Labute approximate surface area is 161 Å². The minimum atomic E-state index is -0.0317. The number of aromatic nitrogens is 2. The van der Waals surface area contributed by atoms with Gasteiger partial charge in [0.1, 0.15) is 18.2 Å². The van der Waals surface area contributed by atoms with Crippen LogP contribution in [0.3, 0.4) is 0 Å². The number of hydrogen-bond donors (Lipinski definition) is 0. The van der Waals surface area contributed by atoms with Crippen LogP contribution < -0.4 is 9.64 Å². The van der Waals surface area contributed by atoms with Gasteiger partial charge in [-0.1, -0.05) is 15.9 Å². The van der Waals surface area contributed by atoms with Crippen LogP contribution in [0.4, 0.5) is 5.82 Å². The van der Waals surface area contributed by atoms with Crippen molar-refractivity contribution in [3.8, 4) is 5.88 Å². The number of likely N-dealkylation sites (tertiary alicyclic amines) is 1. The number of carbonyl (C=O) groups is 1. The lowest BCUT2D eigenvalue weighted by atomic mass is 10.2. The SMILES string of the molecule is O=C(c1ccc(Br)cc1)N1CCC(Oc2cc(N3CCCC3)ncn2)C1. The predicted molar refractivity (Wildman–Crippen MR) is 103 cm³/mol. The summed E-state index contributed by atoms with van der Waals surface area (Å²) in [6, 6.07) is 9.36. The van der Waals surface area contributed by atoms with Crippen molar-refractivity contribution in [2.75, 3.05) is 31.1 Å². The molecule has 6 nitrogen and oxygen atoms in total. The van der Waals surface area contributed by atoms with Crippen molar-refractivity contribution in [3.63, 3.8) is 0 Å². The minimum absolute atomic E-state index is 0.0317. The molecular weight excluding hydrogens is 396 g/mol. The molecule has 0 bridgehead atoms. The molecule has 2 aliphatic heterocycles. The fourth-order valence-corrected chi connectivity index (χ4v) is 3.73. The van der Waals surface area contributed by atoms with Gasteiger partial charge in [-0.2, -0.15) is 0 Å². The standard InChI is InChI=1S/C19H21BrN4O2/c20-15-5-3-14(4-6-15)19(25)24-10-7-16(12-24)26-18-11-17(21-13-22-18)23-8-1-2-9-23/h3-6,11,13,16H,1-2,7-10,12H2. The van der Waals surface area contributed by atoms with Crippen molar-refractivity contribution in [2.45, 2.75) is 25.4 Å². The summed E-state index contributed by atoms with van der Waals surface area (Å²) in [5.74, 6) is 1.56. The third kappa shape index (κ3) is 3.82. The Bertz CT molecular complexity index is 777. The Morgan fingerprint density at radius 1 is 1.12 bits per heavy atom. The molecule has 7 heteroatoms. The van der Waals surface area contributed by atoms with E-state index in [1.54, 1.807) is 6.33 Å². The molecule has 26 heavy (non-hydrogen) atoms. The van der Waals surface area contributed by atoms with E-state index in [4.69, 9.17) is 4.74 Å². The van der Waals surface area contributed by atoms with Gasteiger partial charge in [0.15, 0.2) is 0 Å². The van der Waals surface area contributed by atoms with Crippen molar-refractivity contribution >= 4 is 27.7 Å². The zero-order chi connectivity index (χ0) is 17.9. The van der Waals surface area contributed by atoms with Gasteiger partial charge < -0.3 is 14.5 Å². The van der Waals surface area contributed by atoms with Gasteiger partial charge in [-0.15, -0.1) is 0 Å². The molecule has 2 aliphatic rings. The van der Waals surface area contributed by atoms with Crippen LogP contribution in [0.2, 0.25) is 0 Å². The van der Waals surface area contributed by atoms with Crippen molar-refractivity contribution < 1.29 is 9.53 Å². The lowest BCUT2D eigenvalue weighted by molar-refractivity contribution is 0.0771. The first kappa shape index (κ1) is 17.3. The third-order valence-corrected chi connectivity index (χ3v) is 5.40. The number of nitrogens with zero attached hydrogens (tertiary/aromatic N) is 4. The number of carbonyl (C=O) groups excluding carboxylic acids is 1. The van der Waals surface area contributed by atoms with Crippen LogP contribution in [-0.4, -0.2) is 53.1 Å². The summed E-state index contributed by atoms with van der Waals surface area (Å²) in [5.41, 5.74) is 0.701. The Kier molecular flexibility index (Phi) is 5.06. The van der Waals surface area contributed by atoms with Crippen molar-refractivity contribution in [3.05, 3.63) is 46.7 Å². The van der Waals surface area contributed by atoms with Crippen molar-refractivity contribution in [1.29, 1.82) is 0 Å². The molecule has 1 amide bonds. The first-order valence-electron chi connectivity index (χ1n) is 8.97. The summed E-state index contributed by atoms with van der Waals surface area (Å²) in [4.78, 5) is 25.3. The maximum Gasteiger partial charge on any atom is 0.253 e. The Balaban J connectivity index is 1.37. The van der Waals surface area contributed by atoms with Gasteiger partial charge in [-0.3, -0.25) is 4.79 Å². The summed E-state index contributed by atoms with van der Waals surface area (Å²) in [7, 11) is 0. The van der Waals surface area contributed by atoms with Crippen LogP contribution in [0.15, 0.2) is 41.1 Å². The zero-order valence-corrected chi connectivity index (χ0v) is 16.1. The topological polar surface area (TPSA) is 58.6 Å². The van der Waals surface area contributed by atoms with E-state index < -0.39 is 0 Å². The fourth-order valence-electron chi connectivity index (χ4n) is 3.47. The number of anilines is 1. The van der Waals surface area contributed by atoms with E-state index >= 15 is 0 Å². The average molecular weight is 417 g/mol. The number of hydrogen-bond acceptors (Lipinski definition) is 5. The first-order chi connectivity index (χ1) is 12.7. The number of halogens is 1. The van der Waals surface area contributed by atoms with Gasteiger partial charge in [-0.05, 0) is 37.1 Å². The molecule has 1 unspecified atom stereocenters. The molecule has 0 radical (unpaired) electrons. The van der Waals surface area contributed by atoms with Gasteiger partial charge in [0, 0.05) is 42.2 Å². The maximum absolute atomic E-state index is 12.6. The highest BCUT2D eigenvalue weighted by Gasteiger charge is 2.28. The molecule has 0 spiro atoms. The summed E-state index contributed by atoms with van der Waals surface area (Å²) < 4.78 is 7.00. The molecule has 0 saturated carbocycles. The van der Waals surface area contributed by atoms with Crippen LogP contribution >= 0.6 is 15.9 Å². The summed E-state index contributed by atoms with van der Waals surface area (Å²) in [5, 5.41) is 0. The van der Waals surface area contributed by atoms with E-state index in [2.05, 4.69) is 30.8 Å². The molecular formula is C19H21BrN4O2. The molecule has 1 aromatic carbocycles. The normalized spacial score (nSPS) is 19.8. The molecule has 136 valence electrons. The fraction of sp³-hybridized carbons (Fsp3) is 0.421. The molecule has 0 N–H and O–H groups in total. The summed E-state index contributed by atoms with van der Waals surface area (Å²) in [6.07, 6.45) is 4.75. The van der Waals surface area contributed by atoms with Gasteiger partial charge in [0.2, 0.25) is 5.88 Å². The second-order valence-electron chi connectivity index (χ2n) is 6.70. The van der Waals surface area contributed by atoms with E-state index in [1.807, 2.05) is 35.2 Å². The number of ether oxygens (including phenoxy) is 1. The molecule has 3 heterocycles. The van der Waals surface area contributed by atoms with Crippen LogP contribution in [0.1, 0.15) is 29.6 Å². The van der Waals surface area contributed by atoms with Gasteiger partial charge in [0.25, 0.3) is 5.91 Å². The maximum atomic E-state index is 12.6. The summed E-state index contributed by atoms with van der Waals surface area (Å²) >= 11 is 3.39. The Hall–Kier alpha value is -2.15. The average Bonchev–Trinajstić information content (AvgIpc) is 3.34. The van der Waals surface area contributed by atoms with Gasteiger partial charge in [-0.25, -0.2) is 9.97 Å². The molecule has 2 saturated heterocycles. The highest BCUT2D eigenvalue weighted by Crippen LogP contribution is 2.23. The van der Waals surface area contributed by atoms with E-state index in [0.29, 0.717) is 24.5 Å². The molecule has 0 aliphatic carbocycles. The largest absolute Gasteiger partial charge is 0.472 e. The number of amides is 1. The Morgan fingerprint density at radius 2 is 1.88 bits per heavy atom. The number of benzene rings is 1. The smallest absolute Gasteiger partial charge is 0.253 e. The van der Waals surface area contributed by atoms with Crippen LogP contribution in [-0.2, 0) is 0 Å². The highest BCUT2D eigenvalue weighted by atomic mass is 79.9. The van der Waals surface area contributed by atoms with Crippen molar-refractivity contribution in [2.24, 2.45) is 0 Å². The minimum Gasteiger partial charge on any atom is -0.472 e. The van der Waals surface area contributed by atoms with E-state index in [9.17, 15) is 4.79 Å². The molecule has 2 fully saturated rings. The zero-order valence-electron chi connectivity index (χ0n) is 14.5.